The standard InChI is InChI=1S/C29H23F3O3/c1-3-34-17-23-13-12-22(16-25(23)30)19-8-10-21(11-9-19)29(33)35-26-15-14-24(27(31)28(26)32)20-6-4-18(2)5-7-20/h4-16H,3,17H2,1-2H3. The molecule has 0 saturated heterocycles. The molecule has 6 heteroatoms. The van der Waals surface area contributed by atoms with Crippen molar-refractivity contribution >= 4 is 5.97 Å². The van der Waals surface area contributed by atoms with Crippen molar-refractivity contribution in [1.82, 2.24) is 0 Å². The van der Waals surface area contributed by atoms with Gasteiger partial charge in [-0.1, -0.05) is 54.1 Å². The first-order valence-electron chi connectivity index (χ1n) is 11.1. The molecule has 0 spiro atoms. The third-order valence-electron chi connectivity index (χ3n) is 5.58. The molecule has 0 aliphatic carbocycles. The smallest absolute Gasteiger partial charge is 0.343 e. The molecule has 0 saturated carbocycles. The molecule has 0 unspecified atom stereocenters. The van der Waals surface area contributed by atoms with Crippen LogP contribution >= 0.6 is 0 Å². The molecule has 0 aliphatic rings. The minimum absolute atomic E-state index is 0.0751. The summed E-state index contributed by atoms with van der Waals surface area (Å²) in [6, 6.07) is 20.6. The Hall–Kier alpha value is -3.90. The molecule has 0 aliphatic heterocycles. The average Bonchev–Trinajstić information content (AvgIpc) is 2.87. The number of halogens is 3. The second-order valence-corrected chi connectivity index (χ2v) is 8.02. The Kier molecular flexibility index (Phi) is 7.32. The van der Waals surface area contributed by atoms with Crippen LogP contribution in [0.3, 0.4) is 0 Å². The number of aryl methyl sites for hydroxylation is 1. The van der Waals surface area contributed by atoms with E-state index in [2.05, 4.69) is 0 Å². The molecular weight excluding hydrogens is 453 g/mol. The Labute approximate surface area is 201 Å². The number of esters is 1. The van der Waals surface area contributed by atoms with Crippen molar-refractivity contribution in [2.45, 2.75) is 20.5 Å². The molecule has 0 amide bonds. The van der Waals surface area contributed by atoms with E-state index in [4.69, 9.17) is 9.47 Å². The number of hydrogen-bond donors (Lipinski definition) is 0. The van der Waals surface area contributed by atoms with E-state index in [1.165, 1.54) is 30.3 Å². The van der Waals surface area contributed by atoms with Gasteiger partial charge in [0, 0.05) is 17.7 Å². The highest BCUT2D eigenvalue weighted by molar-refractivity contribution is 5.91. The summed E-state index contributed by atoms with van der Waals surface area (Å²) in [5.74, 6) is -4.05. The predicted molar refractivity (Wildman–Crippen MR) is 129 cm³/mol. The van der Waals surface area contributed by atoms with E-state index in [1.54, 1.807) is 48.5 Å². The number of carbonyl (C=O) groups excluding carboxylic acids is 1. The fraction of sp³-hybridized carbons (Fsp3) is 0.138. The molecule has 0 aromatic heterocycles. The third kappa shape index (κ3) is 5.44. The van der Waals surface area contributed by atoms with Crippen molar-refractivity contribution in [2.75, 3.05) is 6.61 Å². The molecule has 0 bridgehead atoms. The molecule has 0 N–H and O–H groups in total. The molecule has 0 heterocycles. The first kappa shape index (κ1) is 24.2. The van der Waals surface area contributed by atoms with Gasteiger partial charge in [-0.15, -0.1) is 0 Å². The fourth-order valence-corrected chi connectivity index (χ4v) is 3.58. The second-order valence-electron chi connectivity index (χ2n) is 8.02. The van der Waals surface area contributed by atoms with E-state index in [0.29, 0.717) is 28.9 Å². The lowest BCUT2D eigenvalue weighted by Crippen LogP contribution is -2.10. The largest absolute Gasteiger partial charge is 0.420 e. The molecule has 4 aromatic rings. The average molecular weight is 476 g/mol. The van der Waals surface area contributed by atoms with Gasteiger partial charge < -0.3 is 9.47 Å². The Morgan fingerprint density at radius 2 is 1.43 bits per heavy atom. The van der Waals surface area contributed by atoms with E-state index in [1.807, 2.05) is 13.8 Å². The minimum Gasteiger partial charge on any atom is -0.420 e. The summed E-state index contributed by atoms with van der Waals surface area (Å²) in [6.07, 6.45) is 0. The first-order chi connectivity index (χ1) is 16.9. The Morgan fingerprint density at radius 1 is 0.771 bits per heavy atom. The summed E-state index contributed by atoms with van der Waals surface area (Å²) in [7, 11) is 0. The Morgan fingerprint density at radius 3 is 2.09 bits per heavy atom. The maximum Gasteiger partial charge on any atom is 0.343 e. The molecule has 0 atom stereocenters. The van der Waals surface area contributed by atoms with Gasteiger partial charge >= 0.3 is 5.97 Å². The summed E-state index contributed by atoms with van der Waals surface area (Å²) < 4.78 is 54.0. The zero-order valence-electron chi connectivity index (χ0n) is 19.3. The highest BCUT2D eigenvalue weighted by Crippen LogP contribution is 2.31. The lowest BCUT2D eigenvalue weighted by Gasteiger charge is -2.10. The van der Waals surface area contributed by atoms with Crippen LogP contribution in [-0.2, 0) is 11.3 Å². The van der Waals surface area contributed by atoms with Crippen LogP contribution in [0, 0.1) is 24.4 Å². The SMILES string of the molecule is CCOCc1ccc(-c2ccc(C(=O)Oc3ccc(-c4ccc(C)cc4)c(F)c3F)cc2)cc1F. The van der Waals surface area contributed by atoms with Gasteiger partial charge in [0.2, 0.25) is 5.82 Å². The maximum absolute atomic E-state index is 14.7. The van der Waals surface area contributed by atoms with Crippen LogP contribution < -0.4 is 4.74 Å². The highest BCUT2D eigenvalue weighted by Gasteiger charge is 2.19. The van der Waals surface area contributed by atoms with Crippen LogP contribution in [0.2, 0.25) is 0 Å². The van der Waals surface area contributed by atoms with Gasteiger partial charge in [-0.2, -0.15) is 4.39 Å². The summed E-state index contributed by atoms with van der Waals surface area (Å²) >= 11 is 0. The third-order valence-corrected chi connectivity index (χ3v) is 5.58. The van der Waals surface area contributed by atoms with Crippen LogP contribution in [0.15, 0.2) is 78.9 Å². The van der Waals surface area contributed by atoms with Crippen molar-refractivity contribution in [3.8, 4) is 28.0 Å². The number of rotatable bonds is 7. The van der Waals surface area contributed by atoms with Gasteiger partial charge in [0.05, 0.1) is 12.2 Å². The Balaban J connectivity index is 1.49. The molecule has 178 valence electrons. The van der Waals surface area contributed by atoms with Gasteiger partial charge in [0.15, 0.2) is 11.6 Å². The van der Waals surface area contributed by atoms with Gasteiger partial charge in [-0.25, -0.2) is 13.6 Å². The van der Waals surface area contributed by atoms with E-state index >= 15 is 0 Å². The van der Waals surface area contributed by atoms with Crippen LogP contribution in [0.25, 0.3) is 22.3 Å². The fourth-order valence-electron chi connectivity index (χ4n) is 3.58. The van der Waals surface area contributed by atoms with Crippen LogP contribution in [0.4, 0.5) is 13.2 Å². The number of ether oxygens (including phenoxy) is 2. The van der Waals surface area contributed by atoms with E-state index < -0.39 is 23.4 Å². The highest BCUT2D eigenvalue weighted by atomic mass is 19.2. The maximum atomic E-state index is 14.7. The van der Waals surface area contributed by atoms with E-state index in [-0.39, 0.29) is 23.6 Å². The van der Waals surface area contributed by atoms with Gasteiger partial charge in [-0.05, 0) is 60.9 Å². The zero-order chi connectivity index (χ0) is 24.9. The van der Waals surface area contributed by atoms with Gasteiger partial charge in [-0.3, -0.25) is 0 Å². The number of benzene rings is 4. The second kappa shape index (κ2) is 10.6. The zero-order valence-corrected chi connectivity index (χ0v) is 19.3. The minimum atomic E-state index is -1.24. The molecule has 0 fully saturated rings. The molecule has 4 aromatic carbocycles. The first-order valence-corrected chi connectivity index (χ1v) is 11.1. The summed E-state index contributed by atoms with van der Waals surface area (Å²) in [5, 5.41) is 0. The van der Waals surface area contributed by atoms with Crippen molar-refractivity contribution in [2.24, 2.45) is 0 Å². The van der Waals surface area contributed by atoms with Crippen molar-refractivity contribution in [3.63, 3.8) is 0 Å². The molecule has 0 radical (unpaired) electrons. The number of carbonyl (C=O) groups is 1. The lowest BCUT2D eigenvalue weighted by atomic mass is 10.0. The van der Waals surface area contributed by atoms with Crippen LogP contribution in [-0.4, -0.2) is 12.6 Å². The van der Waals surface area contributed by atoms with Gasteiger partial charge in [0.1, 0.15) is 5.82 Å². The van der Waals surface area contributed by atoms with E-state index in [9.17, 15) is 18.0 Å². The van der Waals surface area contributed by atoms with Crippen LogP contribution in [0.1, 0.15) is 28.4 Å². The topological polar surface area (TPSA) is 35.5 Å². The monoisotopic (exact) mass is 476 g/mol. The summed E-state index contributed by atoms with van der Waals surface area (Å²) in [5.41, 5.74) is 3.50. The lowest BCUT2D eigenvalue weighted by molar-refractivity contribution is 0.0726. The van der Waals surface area contributed by atoms with E-state index in [0.717, 1.165) is 5.56 Å². The number of hydrogen-bond acceptors (Lipinski definition) is 3. The van der Waals surface area contributed by atoms with Crippen molar-refractivity contribution in [1.29, 1.82) is 0 Å². The molecular formula is C29H23F3O3. The predicted octanol–water partition coefficient (Wildman–Crippen LogP) is 7.50. The normalized spacial score (nSPS) is 10.9. The molecule has 4 rings (SSSR count). The van der Waals surface area contributed by atoms with Crippen LogP contribution in [0.5, 0.6) is 5.75 Å². The van der Waals surface area contributed by atoms with Gasteiger partial charge in [0.25, 0.3) is 0 Å². The van der Waals surface area contributed by atoms with Crippen molar-refractivity contribution in [3.05, 3.63) is 113 Å². The summed E-state index contributed by atoms with van der Waals surface area (Å²) in [4.78, 5) is 12.5. The summed E-state index contributed by atoms with van der Waals surface area (Å²) in [6.45, 7) is 4.42. The van der Waals surface area contributed by atoms with Crippen molar-refractivity contribution < 1.29 is 27.4 Å². The Bertz CT molecular complexity index is 1350. The molecule has 35 heavy (non-hydrogen) atoms. The molecule has 3 nitrogen and oxygen atoms in total. The quantitative estimate of drug-likeness (QED) is 0.205.